The first-order chi connectivity index (χ1) is 8.56. The summed E-state index contributed by atoms with van der Waals surface area (Å²) in [7, 11) is 2.03. The van der Waals surface area contributed by atoms with Crippen LogP contribution >= 0.6 is 0 Å². The number of benzene rings is 1. The van der Waals surface area contributed by atoms with Crippen molar-refractivity contribution in [3.8, 4) is 0 Å². The highest BCUT2D eigenvalue weighted by Crippen LogP contribution is 2.28. The Morgan fingerprint density at radius 3 is 2.72 bits per heavy atom. The van der Waals surface area contributed by atoms with Gasteiger partial charge in [-0.1, -0.05) is 25.1 Å². The predicted octanol–water partition coefficient (Wildman–Crippen LogP) is 3.07. The quantitative estimate of drug-likeness (QED) is 0.899. The molecule has 0 unspecified atom stereocenters. The van der Waals surface area contributed by atoms with Gasteiger partial charge in [-0.15, -0.1) is 0 Å². The van der Waals surface area contributed by atoms with Crippen molar-refractivity contribution in [1.29, 1.82) is 0 Å². The second-order valence-corrected chi connectivity index (χ2v) is 4.69. The Morgan fingerprint density at radius 2 is 2.11 bits per heavy atom. The third kappa shape index (κ3) is 2.01. The number of para-hydroxylation sites is 1. The molecule has 3 heteroatoms. The van der Waals surface area contributed by atoms with Crippen molar-refractivity contribution < 1.29 is 9.90 Å². The summed E-state index contributed by atoms with van der Waals surface area (Å²) in [5.41, 5.74) is 4.91. The summed E-state index contributed by atoms with van der Waals surface area (Å²) in [5, 5.41) is 10.1. The summed E-state index contributed by atoms with van der Waals surface area (Å²) in [5.74, 6) is -0.740. The van der Waals surface area contributed by atoms with Crippen molar-refractivity contribution >= 4 is 16.9 Å². The van der Waals surface area contributed by atoms with Crippen molar-refractivity contribution in [2.24, 2.45) is 7.05 Å². The van der Waals surface area contributed by atoms with Crippen LogP contribution in [0.25, 0.3) is 10.9 Å². The molecule has 0 aliphatic carbocycles. The smallest absolute Gasteiger partial charge is 0.303 e. The molecule has 0 spiro atoms. The molecule has 2 rings (SSSR count). The number of fused-ring (bicyclic) bond motifs is 1. The third-order valence-corrected chi connectivity index (χ3v) is 3.65. The Bertz CT molecular complexity index is 596. The van der Waals surface area contributed by atoms with Crippen LogP contribution in [-0.4, -0.2) is 15.6 Å². The van der Waals surface area contributed by atoms with E-state index in [0.29, 0.717) is 6.42 Å². The van der Waals surface area contributed by atoms with Gasteiger partial charge in [0.1, 0.15) is 0 Å². The maximum atomic E-state index is 10.7. The number of nitrogens with zero attached hydrogens (tertiary/aromatic N) is 1. The van der Waals surface area contributed by atoms with E-state index in [9.17, 15) is 4.79 Å². The van der Waals surface area contributed by atoms with Crippen LogP contribution in [0.5, 0.6) is 0 Å². The molecule has 1 N–H and O–H groups in total. The molecule has 96 valence electrons. The van der Waals surface area contributed by atoms with Crippen molar-refractivity contribution in [1.82, 2.24) is 4.57 Å². The average molecular weight is 245 g/mol. The molecule has 0 saturated carbocycles. The number of carboxylic acids is 1. The summed E-state index contributed by atoms with van der Waals surface area (Å²) < 4.78 is 2.16. The van der Waals surface area contributed by atoms with Crippen LogP contribution in [-0.2, 0) is 24.7 Å². The average Bonchev–Trinajstić information content (AvgIpc) is 2.60. The van der Waals surface area contributed by atoms with Gasteiger partial charge in [-0.25, -0.2) is 0 Å². The monoisotopic (exact) mass is 245 g/mol. The fraction of sp³-hybridized carbons (Fsp3) is 0.400. The Balaban J connectivity index is 2.58. The summed E-state index contributed by atoms with van der Waals surface area (Å²) in [6.45, 7) is 4.23. The SMILES string of the molecule is CCc1cccc2c(C)c(CCC(=O)O)n(C)c12. The Kier molecular flexibility index (Phi) is 3.41. The van der Waals surface area contributed by atoms with Gasteiger partial charge in [0.05, 0.1) is 11.9 Å². The lowest BCUT2D eigenvalue weighted by molar-refractivity contribution is -0.136. The number of aromatic nitrogens is 1. The molecule has 0 bridgehead atoms. The van der Waals surface area contributed by atoms with Gasteiger partial charge in [0.15, 0.2) is 0 Å². The van der Waals surface area contributed by atoms with E-state index in [4.69, 9.17) is 5.11 Å². The Morgan fingerprint density at radius 1 is 1.39 bits per heavy atom. The van der Waals surface area contributed by atoms with E-state index >= 15 is 0 Å². The number of aryl methyl sites for hydroxylation is 3. The Labute approximate surface area is 107 Å². The van der Waals surface area contributed by atoms with Gasteiger partial charge in [-0.3, -0.25) is 4.79 Å². The van der Waals surface area contributed by atoms with Crippen LogP contribution in [0.2, 0.25) is 0 Å². The number of carbonyl (C=O) groups is 1. The van der Waals surface area contributed by atoms with Crippen LogP contribution < -0.4 is 0 Å². The standard InChI is InChI=1S/C15H19NO2/c1-4-11-6-5-7-12-10(2)13(8-9-14(17)18)16(3)15(11)12/h5-7H,4,8-9H2,1-3H3,(H,17,18). The molecule has 0 amide bonds. The van der Waals surface area contributed by atoms with Crippen LogP contribution in [0.4, 0.5) is 0 Å². The van der Waals surface area contributed by atoms with Crippen molar-refractivity contribution in [3.63, 3.8) is 0 Å². The minimum atomic E-state index is -0.740. The first-order valence-electron chi connectivity index (χ1n) is 6.33. The molecule has 0 aliphatic heterocycles. The number of hydrogen-bond acceptors (Lipinski definition) is 1. The van der Waals surface area contributed by atoms with Crippen molar-refractivity contribution in [3.05, 3.63) is 35.0 Å². The number of hydrogen-bond donors (Lipinski definition) is 1. The topological polar surface area (TPSA) is 42.2 Å². The van der Waals surface area contributed by atoms with Gasteiger partial charge in [-0.05, 0) is 30.9 Å². The van der Waals surface area contributed by atoms with Crippen LogP contribution in [0.1, 0.15) is 30.2 Å². The Hall–Kier alpha value is -1.77. The van der Waals surface area contributed by atoms with Gasteiger partial charge < -0.3 is 9.67 Å². The molecule has 0 aliphatic rings. The molecule has 3 nitrogen and oxygen atoms in total. The molecular weight excluding hydrogens is 226 g/mol. The zero-order chi connectivity index (χ0) is 13.3. The predicted molar refractivity (Wildman–Crippen MR) is 73.0 cm³/mol. The van der Waals surface area contributed by atoms with Gasteiger partial charge >= 0.3 is 5.97 Å². The number of carboxylic acid groups (broad SMARTS) is 1. The fourth-order valence-corrected chi connectivity index (χ4v) is 2.70. The maximum absolute atomic E-state index is 10.7. The lowest BCUT2D eigenvalue weighted by Gasteiger charge is -2.06. The zero-order valence-electron chi connectivity index (χ0n) is 11.2. The van der Waals surface area contributed by atoms with Gasteiger partial charge in [0.2, 0.25) is 0 Å². The van der Waals surface area contributed by atoms with E-state index in [0.717, 1.165) is 12.1 Å². The molecule has 1 aromatic carbocycles. The lowest BCUT2D eigenvalue weighted by atomic mass is 10.1. The molecule has 0 saturated heterocycles. The van der Waals surface area contributed by atoms with Crippen LogP contribution in [0, 0.1) is 6.92 Å². The summed E-state index contributed by atoms with van der Waals surface area (Å²) in [6, 6.07) is 6.34. The van der Waals surface area contributed by atoms with E-state index in [2.05, 4.69) is 36.6 Å². The first kappa shape index (κ1) is 12.7. The second kappa shape index (κ2) is 4.84. The molecule has 1 heterocycles. The van der Waals surface area contributed by atoms with Crippen molar-refractivity contribution in [2.75, 3.05) is 0 Å². The van der Waals surface area contributed by atoms with E-state index in [1.54, 1.807) is 0 Å². The summed E-state index contributed by atoms with van der Waals surface area (Å²) >= 11 is 0. The van der Waals surface area contributed by atoms with E-state index in [1.807, 2.05) is 7.05 Å². The van der Waals surface area contributed by atoms with Crippen LogP contribution in [0.15, 0.2) is 18.2 Å². The summed E-state index contributed by atoms with van der Waals surface area (Å²) in [6.07, 6.45) is 1.77. The number of aliphatic carboxylic acids is 1. The second-order valence-electron chi connectivity index (χ2n) is 4.69. The zero-order valence-corrected chi connectivity index (χ0v) is 11.2. The largest absolute Gasteiger partial charge is 0.481 e. The summed E-state index contributed by atoms with van der Waals surface area (Å²) in [4.78, 5) is 10.7. The highest BCUT2D eigenvalue weighted by molar-refractivity contribution is 5.88. The third-order valence-electron chi connectivity index (χ3n) is 3.65. The number of rotatable bonds is 4. The van der Waals surface area contributed by atoms with Crippen LogP contribution in [0.3, 0.4) is 0 Å². The van der Waals surface area contributed by atoms with E-state index in [1.165, 1.54) is 22.0 Å². The highest BCUT2D eigenvalue weighted by Gasteiger charge is 2.14. The van der Waals surface area contributed by atoms with Gasteiger partial charge in [0, 0.05) is 18.1 Å². The van der Waals surface area contributed by atoms with E-state index < -0.39 is 5.97 Å². The molecule has 0 fully saturated rings. The molecule has 0 radical (unpaired) electrons. The minimum Gasteiger partial charge on any atom is -0.481 e. The first-order valence-corrected chi connectivity index (χ1v) is 6.33. The maximum Gasteiger partial charge on any atom is 0.303 e. The van der Waals surface area contributed by atoms with Crippen molar-refractivity contribution in [2.45, 2.75) is 33.1 Å². The molecule has 2 aromatic rings. The van der Waals surface area contributed by atoms with E-state index in [-0.39, 0.29) is 6.42 Å². The normalized spacial score (nSPS) is 11.1. The van der Waals surface area contributed by atoms with Gasteiger partial charge in [-0.2, -0.15) is 0 Å². The molecule has 0 atom stereocenters. The lowest BCUT2D eigenvalue weighted by Crippen LogP contribution is -2.03. The minimum absolute atomic E-state index is 0.187. The highest BCUT2D eigenvalue weighted by atomic mass is 16.4. The fourth-order valence-electron chi connectivity index (χ4n) is 2.70. The molecule has 1 aromatic heterocycles. The van der Waals surface area contributed by atoms with Gasteiger partial charge in [0.25, 0.3) is 0 Å². The molecule has 18 heavy (non-hydrogen) atoms. The molecular formula is C15H19NO2.